The zero-order chi connectivity index (χ0) is 17.5. The average Bonchev–Trinajstić information content (AvgIpc) is 2.60. The molecule has 0 bridgehead atoms. The van der Waals surface area contributed by atoms with Crippen LogP contribution in [-0.4, -0.2) is 31.6 Å². The lowest BCUT2D eigenvalue weighted by atomic mass is 10.1. The summed E-state index contributed by atoms with van der Waals surface area (Å²) in [6.45, 7) is 1.50. The van der Waals surface area contributed by atoms with Crippen molar-refractivity contribution in [1.82, 2.24) is 5.32 Å². The first kappa shape index (κ1) is 17.2. The molecule has 2 aromatic carbocycles. The summed E-state index contributed by atoms with van der Waals surface area (Å²) in [5.41, 5.74) is 1.20. The number of para-hydroxylation sites is 1. The molecule has 1 amide bonds. The lowest BCUT2D eigenvalue weighted by Gasteiger charge is -2.12. The summed E-state index contributed by atoms with van der Waals surface area (Å²) in [5.74, 6) is 0.588. The summed E-state index contributed by atoms with van der Waals surface area (Å²) >= 11 is 0. The quantitative estimate of drug-likeness (QED) is 0.503. The van der Waals surface area contributed by atoms with Gasteiger partial charge in [-0.1, -0.05) is 17.3 Å². The van der Waals surface area contributed by atoms with E-state index in [1.54, 1.807) is 48.5 Å². The largest absolute Gasteiger partial charge is 0.457 e. The molecular formula is C18H18N2O4. The Morgan fingerprint density at radius 3 is 2.29 bits per heavy atom. The van der Waals surface area contributed by atoms with Crippen molar-refractivity contribution >= 4 is 17.4 Å². The van der Waals surface area contributed by atoms with Gasteiger partial charge in [-0.2, -0.15) is 0 Å². The highest BCUT2D eigenvalue weighted by Gasteiger charge is 2.18. The number of ether oxygens (including phenoxy) is 1. The maximum atomic E-state index is 12.0. The lowest BCUT2D eigenvalue weighted by Crippen LogP contribution is -2.28. The standard InChI is InChI=1S/C18H18N2O4/c1-12(21)13-8-10-14(11-9-13)24-16-7-5-4-6-15(16)17(20-23-3)18(22)19-2/h4-11H,1-3H3,(H,19,22). The SMILES string of the molecule is CNC(=O)C(=NOC)c1ccccc1Oc1ccc(C(C)=O)cc1. The van der Waals surface area contributed by atoms with Gasteiger partial charge in [-0.3, -0.25) is 9.59 Å². The molecule has 0 aliphatic carbocycles. The number of hydrogen-bond acceptors (Lipinski definition) is 5. The molecule has 0 radical (unpaired) electrons. The molecule has 0 spiro atoms. The summed E-state index contributed by atoms with van der Waals surface area (Å²) in [4.78, 5) is 28.1. The van der Waals surface area contributed by atoms with Crippen LogP contribution in [0.2, 0.25) is 0 Å². The highest BCUT2D eigenvalue weighted by Crippen LogP contribution is 2.26. The first-order valence-electron chi connectivity index (χ1n) is 7.28. The van der Waals surface area contributed by atoms with E-state index in [9.17, 15) is 9.59 Å². The topological polar surface area (TPSA) is 77.0 Å². The van der Waals surface area contributed by atoms with E-state index in [1.165, 1.54) is 21.1 Å². The Morgan fingerprint density at radius 2 is 1.71 bits per heavy atom. The van der Waals surface area contributed by atoms with Gasteiger partial charge in [-0.25, -0.2) is 0 Å². The van der Waals surface area contributed by atoms with Crippen molar-refractivity contribution < 1.29 is 19.2 Å². The maximum absolute atomic E-state index is 12.0. The molecule has 2 aromatic rings. The third kappa shape index (κ3) is 3.98. The lowest BCUT2D eigenvalue weighted by molar-refractivity contribution is -0.114. The minimum Gasteiger partial charge on any atom is -0.457 e. The number of ketones is 1. The first-order valence-corrected chi connectivity index (χ1v) is 7.28. The fourth-order valence-electron chi connectivity index (χ4n) is 2.06. The molecule has 0 unspecified atom stereocenters. The second-order valence-electron chi connectivity index (χ2n) is 4.88. The highest BCUT2D eigenvalue weighted by atomic mass is 16.6. The molecule has 0 aliphatic rings. The van der Waals surface area contributed by atoms with Gasteiger partial charge in [0, 0.05) is 12.6 Å². The van der Waals surface area contributed by atoms with E-state index in [0.29, 0.717) is 22.6 Å². The fraction of sp³-hybridized carbons (Fsp3) is 0.167. The van der Waals surface area contributed by atoms with E-state index < -0.39 is 0 Å². The van der Waals surface area contributed by atoms with Crippen LogP contribution in [0.25, 0.3) is 0 Å². The van der Waals surface area contributed by atoms with Crippen LogP contribution in [0, 0.1) is 0 Å². The van der Waals surface area contributed by atoms with Gasteiger partial charge in [0.25, 0.3) is 5.91 Å². The monoisotopic (exact) mass is 326 g/mol. The van der Waals surface area contributed by atoms with Crippen molar-refractivity contribution in [2.24, 2.45) is 5.16 Å². The number of likely N-dealkylation sites (N-methyl/N-ethyl adjacent to an activating group) is 1. The smallest absolute Gasteiger partial charge is 0.273 e. The van der Waals surface area contributed by atoms with E-state index in [-0.39, 0.29) is 17.4 Å². The van der Waals surface area contributed by atoms with Crippen molar-refractivity contribution in [3.05, 3.63) is 59.7 Å². The van der Waals surface area contributed by atoms with Gasteiger partial charge in [-0.15, -0.1) is 0 Å². The second-order valence-corrected chi connectivity index (χ2v) is 4.88. The van der Waals surface area contributed by atoms with E-state index in [1.807, 2.05) is 0 Å². The Balaban J connectivity index is 2.36. The van der Waals surface area contributed by atoms with Crippen LogP contribution in [-0.2, 0) is 9.63 Å². The van der Waals surface area contributed by atoms with E-state index in [0.717, 1.165) is 0 Å². The Hall–Kier alpha value is -3.15. The van der Waals surface area contributed by atoms with Gasteiger partial charge < -0.3 is 14.9 Å². The summed E-state index contributed by atoms with van der Waals surface area (Å²) in [6.07, 6.45) is 0. The predicted octanol–water partition coefficient (Wildman–Crippen LogP) is 2.78. The third-order valence-corrected chi connectivity index (χ3v) is 3.26. The van der Waals surface area contributed by atoms with Crippen LogP contribution in [0.4, 0.5) is 0 Å². The van der Waals surface area contributed by atoms with Crippen molar-refractivity contribution in [3.63, 3.8) is 0 Å². The summed E-state index contributed by atoms with van der Waals surface area (Å²) in [7, 11) is 2.88. The Bertz CT molecular complexity index is 767. The van der Waals surface area contributed by atoms with Crippen LogP contribution < -0.4 is 10.1 Å². The first-order chi connectivity index (χ1) is 11.6. The zero-order valence-corrected chi connectivity index (χ0v) is 13.7. The minimum absolute atomic E-state index is 0.0175. The van der Waals surface area contributed by atoms with Crippen molar-refractivity contribution in [2.45, 2.75) is 6.92 Å². The van der Waals surface area contributed by atoms with Gasteiger partial charge in [0.15, 0.2) is 11.5 Å². The zero-order valence-electron chi connectivity index (χ0n) is 13.7. The molecule has 0 fully saturated rings. The molecule has 24 heavy (non-hydrogen) atoms. The van der Waals surface area contributed by atoms with Crippen LogP contribution in [0.5, 0.6) is 11.5 Å². The number of amides is 1. The summed E-state index contributed by atoms with van der Waals surface area (Å²) in [6, 6.07) is 13.8. The number of rotatable bonds is 6. The molecule has 2 rings (SSSR count). The van der Waals surface area contributed by atoms with E-state index in [4.69, 9.17) is 9.57 Å². The summed E-state index contributed by atoms with van der Waals surface area (Å²) < 4.78 is 5.84. The molecule has 0 aliphatic heterocycles. The van der Waals surface area contributed by atoms with Gasteiger partial charge in [-0.05, 0) is 43.3 Å². The average molecular weight is 326 g/mol. The van der Waals surface area contributed by atoms with Crippen LogP contribution in [0.1, 0.15) is 22.8 Å². The van der Waals surface area contributed by atoms with Gasteiger partial charge in [0.2, 0.25) is 0 Å². The predicted molar refractivity (Wildman–Crippen MR) is 90.6 cm³/mol. The molecule has 0 aromatic heterocycles. The molecule has 1 N–H and O–H groups in total. The molecule has 6 nitrogen and oxygen atoms in total. The molecule has 0 heterocycles. The number of hydrogen-bond donors (Lipinski definition) is 1. The number of oxime groups is 1. The van der Waals surface area contributed by atoms with E-state index >= 15 is 0 Å². The van der Waals surface area contributed by atoms with Gasteiger partial charge >= 0.3 is 0 Å². The Labute approximate surface area is 140 Å². The maximum Gasteiger partial charge on any atom is 0.273 e. The van der Waals surface area contributed by atoms with E-state index in [2.05, 4.69) is 10.5 Å². The number of carbonyl (C=O) groups excluding carboxylic acids is 2. The number of nitrogens with one attached hydrogen (secondary N) is 1. The molecule has 0 atom stereocenters. The second kappa shape index (κ2) is 7.92. The van der Waals surface area contributed by atoms with Crippen LogP contribution >= 0.6 is 0 Å². The van der Waals surface area contributed by atoms with Gasteiger partial charge in [0.05, 0.1) is 5.56 Å². The Kier molecular flexibility index (Phi) is 5.68. The molecule has 124 valence electrons. The Morgan fingerprint density at radius 1 is 1.04 bits per heavy atom. The molecular weight excluding hydrogens is 308 g/mol. The molecule has 6 heteroatoms. The van der Waals surface area contributed by atoms with Crippen molar-refractivity contribution in [1.29, 1.82) is 0 Å². The highest BCUT2D eigenvalue weighted by molar-refractivity contribution is 6.45. The number of Topliss-reactive ketones (excluding diaryl/α,β-unsaturated/α-hetero) is 1. The minimum atomic E-state index is -0.389. The number of carbonyl (C=O) groups is 2. The van der Waals surface area contributed by atoms with Crippen LogP contribution in [0.15, 0.2) is 53.7 Å². The fourth-order valence-corrected chi connectivity index (χ4v) is 2.06. The summed E-state index contributed by atoms with van der Waals surface area (Å²) in [5, 5.41) is 6.30. The number of benzene rings is 2. The third-order valence-electron chi connectivity index (χ3n) is 3.26. The van der Waals surface area contributed by atoms with Crippen molar-refractivity contribution in [3.8, 4) is 11.5 Å². The van der Waals surface area contributed by atoms with Crippen molar-refractivity contribution in [2.75, 3.05) is 14.2 Å². The van der Waals surface area contributed by atoms with Gasteiger partial charge in [0.1, 0.15) is 18.6 Å². The number of nitrogens with zero attached hydrogens (tertiary/aromatic N) is 1. The molecule has 0 saturated carbocycles. The van der Waals surface area contributed by atoms with Crippen LogP contribution in [0.3, 0.4) is 0 Å². The molecule has 0 saturated heterocycles. The normalized spacial score (nSPS) is 10.9.